The van der Waals surface area contributed by atoms with Crippen molar-refractivity contribution in [3.05, 3.63) is 30.3 Å². The van der Waals surface area contributed by atoms with Gasteiger partial charge in [-0.1, -0.05) is 0 Å². The van der Waals surface area contributed by atoms with Crippen molar-refractivity contribution < 1.29 is 9.53 Å². The summed E-state index contributed by atoms with van der Waals surface area (Å²) in [6, 6.07) is 10.7. The molecule has 1 heterocycles. The standard InChI is InChI=1S/C15H16O2Se/c16-15-11-7-6-9-8-12(14(17-15)13(9)11)18-10-4-2-1-3-5-10/h1-5,9,11-14H,6-8H2/t9-,11-,12-,13+,14+/m0/s1. The Hall–Kier alpha value is -0.791. The number of rotatable bonds is 2. The Morgan fingerprint density at radius 3 is 2.83 bits per heavy atom. The zero-order chi connectivity index (χ0) is 12.1. The van der Waals surface area contributed by atoms with Crippen molar-refractivity contribution in [2.24, 2.45) is 17.8 Å². The van der Waals surface area contributed by atoms with E-state index in [1.165, 1.54) is 17.3 Å². The van der Waals surface area contributed by atoms with Crippen LogP contribution in [0.5, 0.6) is 0 Å². The fraction of sp³-hybridized carbons (Fsp3) is 0.533. The summed E-state index contributed by atoms with van der Waals surface area (Å²) in [7, 11) is 0. The Bertz CT molecular complexity index is 473. The van der Waals surface area contributed by atoms with Crippen LogP contribution in [-0.2, 0) is 9.53 Å². The number of ether oxygens (including phenoxy) is 1. The molecule has 0 radical (unpaired) electrons. The van der Waals surface area contributed by atoms with Crippen LogP contribution in [-0.4, -0.2) is 27.0 Å². The first-order chi connectivity index (χ1) is 8.83. The average Bonchev–Trinajstić information content (AvgIpc) is 3.01. The van der Waals surface area contributed by atoms with Crippen LogP contribution in [0.1, 0.15) is 19.3 Å². The molecule has 2 nitrogen and oxygen atoms in total. The molecule has 0 aromatic heterocycles. The molecule has 2 aliphatic carbocycles. The van der Waals surface area contributed by atoms with Crippen LogP contribution in [0, 0.1) is 17.8 Å². The summed E-state index contributed by atoms with van der Waals surface area (Å²) in [5.41, 5.74) is 0. The molecule has 0 spiro atoms. The van der Waals surface area contributed by atoms with Crippen molar-refractivity contribution in [1.29, 1.82) is 0 Å². The van der Waals surface area contributed by atoms with Gasteiger partial charge in [0, 0.05) is 0 Å². The van der Waals surface area contributed by atoms with Crippen LogP contribution in [0.4, 0.5) is 0 Å². The zero-order valence-corrected chi connectivity index (χ0v) is 11.8. The van der Waals surface area contributed by atoms with E-state index in [4.69, 9.17) is 4.74 Å². The first-order valence-electron chi connectivity index (χ1n) is 6.75. The quantitative estimate of drug-likeness (QED) is 0.615. The van der Waals surface area contributed by atoms with Crippen molar-refractivity contribution in [3.63, 3.8) is 0 Å². The van der Waals surface area contributed by atoms with Crippen LogP contribution in [0.3, 0.4) is 0 Å². The molecule has 5 atom stereocenters. The summed E-state index contributed by atoms with van der Waals surface area (Å²) >= 11 is 0.450. The molecule has 1 aromatic carbocycles. The van der Waals surface area contributed by atoms with E-state index in [1.807, 2.05) is 0 Å². The molecular formula is C15H16O2Se. The summed E-state index contributed by atoms with van der Waals surface area (Å²) in [5, 5.41) is 0. The van der Waals surface area contributed by atoms with Gasteiger partial charge in [-0.15, -0.1) is 0 Å². The van der Waals surface area contributed by atoms with Crippen molar-refractivity contribution in [2.45, 2.75) is 30.2 Å². The van der Waals surface area contributed by atoms with Gasteiger partial charge in [-0.05, 0) is 0 Å². The van der Waals surface area contributed by atoms with Crippen LogP contribution < -0.4 is 4.46 Å². The van der Waals surface area contributed by atoms with Gasteiger partial charge < -0.3 is 0 Å². The average molecular weight is 307 g/mol. The molecule has 0 N–H and O–H groups in total. The monoisotopic (exact) mass is 308 g/mol. The summed E-state index contributed by atoms with van der Waals surface area (Å²) in [6.07, 6.45) is 3.86. The molecule has 1 aliphatic heterocycles. The number of carbonyl (C=O) groups is 1. The Kier molecular flexibility index (Phi) is 2.53. The topological polar surface area (TPSA) is 26.3 Å². The van der Waals surface area contributed by atoms with Crippen molar-refractivity contribution >= 4 is 25.4 Å². The van der Waals surface area contributed by atoms with E-state index in [9.17, 15) is 4.79 Å². The van der Waals surface area contributed by atoms with Gasteiger partial charge in [0.05, 0.1) is 0 Å². The van der Waals surface area contributed by atoms with Gasteiger partial charge in [0.15, 0.2) is 0 Å². The predicted molar refractivity (Wildman–Crippen MR) is 69.8 cm³/mol. The third-order valence-corrected chi connectivity index (χ3v) is 7.47. The second-order valence-corrected chi connectivity index (χ2v) is 8.38. The fourth-order valence-corrected chi connectivity index (χ4v) is 6.89. The molecule has 3 aliphatic rings. The second-order valence-electron chi connectivity index (χ2n) is 5.63. The number of benzene rings is 1. The molecule has 18 heavy (non-hydrogen) atoms. The summed E-state index contributed by atoms with van der Waals surface area (Å²) in [5.74, 6) is 1.67. The number of hydrogen-bond donors (Lipinski definition) is 0. The predicted octanol–water partition coefficient (Wildman–Crippen LogP) is 1.78. The third-order valence-electron chi connectivity index (χ3n) is 4.72. The third kappa shape index (κ3) is 1.57. The van der Waals surface area contributed by atoms with Gasteiger partial charge in [0.1, 0.15) is 0 Å². The molecule has 0 unspecified atom stereocenters. The van der Waals surface area contributed by atoms with Gasteiger partial charge in [0.25, 0.3) is 0 Å². The van der Waals surface area contributed by atoms with Gasteiger partial charge in [0.2, 0.25) is 0 Å². The maximum absolute atomic E-state index is 11.8. The first-order valence-corrected chi connectivity index (χ1v) is 8.60. The minimum atomic E-state index is 0.0982. The van der Waals surface area contributed by atoms with E-state index in [2.05, 4.69) is 30.3 Å². The van der Waals surface area contributed by atoms with Crippen molar-refractivity contribution in [3.8, 4) is 0 Å². The second kappa shape index (κ2) is 4.11. The summed E-state index contributed by atoms with van der Waals surface area (Å²) in [6.45, 7) is 0. The molecule has 94 valence electrons. The molecule has 4 rings (SSSR count). The number of hydrogen-bond acceptors (Lipinski definition) is 2. The molecule has 3 fully saturated rings. The Balaban J connectivity index is 1.56. The molecular weight excluding hydrogens is 291 g/mol. The van der Waals surface area contributed by atoms with Gasteiger partial charge in [-0.25, -0.2) is 0 Å². The molecule has 1 saturated heterocycles. The van der Waals surface area contributed by atoms with E-state index in [0.29, 0.717) is 25.7 Å². The Morgan fingerprint density at radius 1 is 1.17 bits per heavy atom. The molecule has 0 bridgehead atoms. The molecule has 1 aromatic rings. The van der Waals surface area contributed by atoms with E-state index < -0.39 is 0 Å². The summed E-state index contributed by atoms with van der Waals surface area (Å²) in [4.78, 5) is 12.4. The molecule has 0 amide bonds. The van der Waals surface area contributed by atoms with Crippen molar-refractivity contribution in [2.75, 3.05) is 0 Å². The maximum atomic E-state index is 11.8. The van der Waals surface area contributed by atoms with Crippen LogP contribution in [0.25, 0.3) is 0 Å². The van der Waals surface area contributed by atoms with Gasteiger partial charge >= 0.3 is 113 Å². The van der Waals surface area contributed by atoms with Gasteiger partial charge in [-0.3, -0.25) is 0 Å². The minimum absolute atomic E-state index is 0.0982. The van der Waals surface area contributed by atoms with Gasteiger partial charge in [-0.2, -0.15) is 0 Å². The SMILES string of the molecule is O=C1O[C@H]2[C@@H]3[C@@H](CC[C@H]13)C[C@@H]2[Se]c1ccccc1. The van der Waals surface area contributed by atoms with E-state index >= 15 is 0 Å². The van der Waals surface area contributed by atoms with Crippen LogP contribution >= 0.6 is 0 Å². The number of esters is 1. The summed E-state index contributed by atoms with van der Waals surface area (Å²) < 4.78 is 7.12. The zero-order valence-electron chi connectivity index (χ0n) is 10.1. The fourth-order valence-electron chi connectivity index (χ4n) is 4.00. The first kappa shape index (κ1) is 11.1. The number of carbonyl (C=O) groups excluding carboxylic acids is 1. The molecule has 2 saturated carbocycles. The van der Waals surface area contributed by atoms with Crippen molar-refractivity contribution in [1.82, 2.24) is 0 Å². The van der Waals surface area contributed by atoms with E-state index in [-0.39, 0.29) is 18.0 Å². The Labute approximate surface area is 113 Å². The van der Waals surface area contributed by atoms with E-state index in [0.717, 1.165) is 12.3 Å². The van der Waals surface area contributed by atoms with Crippen LogP contribution in [0.15, 0.2) is 30.3 Å². The normalized spacial score (nSPS) is 40.9. The van der Waals surface area contributed by atoms with Crippen LogP contribution in [0.2, 0.25) is 4.82 Å². The Morgan fingerprint density at radius 2 is 2.00 bits per heavy atom. The molecule has 3 heteroatoms. The van der Waals surface area contributed by atoms with E-state index in [1.54, 1.807) is 0 Å².